The van der Waals surface area contributed by atoms with E-state index < -0.39 is 40.8 Å². The van der Waals surface area contributed by atoms with Crippen molar-refractivity contribution in [2.24, 2.45) is 0 Å². The molecule has 0 heterocycles. The van der Waals surface area contributed by atoms with Crippen LogP contribution in [-0.4, -0.2) is 5.11 Å². The van der Waals surface area contributed by atoms with Gasteiger partial charge in [0.15, 0.2) is 17.4 Å². The molecular formula is C7HF7O. The largest absolute Gasteiger partial charge is 0.504 e. The smallest absolute Gasteiger partial charge is 0.423 e. The summed E-state index contributed by atoms with van der Waals surface area (Å²) in [6.07, 6.45) is -5.52. The molecule has 15 heavy (non-hydrogen) atoms. The van der Waals surface area contributed by atoms with Gasteiger partial charge < -0.3 is 5.11 Å². The molecule has 0 bridgehead atoms. The van der Waals surface area contributed by atoms with E-state index in [9.17, 15) is 30.7 Å². The lowest BCUT2D eigenvalue weighted by atomic mass is 10.1. The van der Waals surface area contributed by atoms with E-state index in [4.69, 9.17) is 5.11 Å². The van der Waals surface area contributed by atoms with Crippen molar-refractivity contribution in [3.05, 3.63) is 28.8 Å². The zero-order valence-corrected chi connectivity index (χ0v) is 6.59. The number of halogens is 7. The molecule has 8 heteroatoms. The third-order valence-electron chi connectivity index (χ3n) is 1.53. The van der Waals surface area contributed by atoms with Crippen LogP contribution >= 0.6 is 0 Å². The Hall–Kier alpha value is -1.47. The van der Waals surface area contributed by atoms with Gasteiger partial charge in [-0.05, 0) is 0 Å². The van der Waals surface area contributed by atoms with Crippen molar-refractivity contribution in [3.8, 4) is 5.75 Å². The Morgan fingerprint density at radius 2 is 1.13 bits per heavy atom. The molecule has 0 aromatic heterocycles. The van der Waals surface area contributed by atoms with Crippen molar-refractivity contribution >= 4 is 0 Å². The molecule has 0 aliphatic rings. The molecule has 0 unspecified atom stereocenters. The van der Waals surface area contributed by atoms with Gasteiger partial charge in [-0.2, -0.15) is 17.6 Å². The van der Waals surface area contributed by atoms with E-state index in [1.54, 1.807) is 0 Å². The number of aromatic hydroxyl groups is 1. The van der Waals surface area contributed by atoms with Crippen LogP contribution in [0.15, 0.2) is 0 Å². The van der Waals surface area contributed by atoms with E-state index in [0.29, 0.717) is 0 Å². The average molecular weight is 234 g/mol. The van der Waals surface area contributed by atoms with Gasteiger partial charge in [-0.15, -0.1) is 0 Å². The second-order valence-corrected chi connectivity index (χ2v) is 2.48. The van der Waals surface area contributed by atoms with Crippen LogP contribution in [-0.2, 0) is 6.18 Å². The van der Waals surface area contributed by atoms with Crippen LogP contribution in [0.1, 0.15) is 5.56 Å². The van der Waals surface area contributed by atoms with E-state index in [2.05, 4.69) is 0 Å². The first-order valence-corrected chi connectivity index (χ1v) is 3.30. The summed E-state index contributed by atoms with van der Waals surface area (Å²) in [5.74, 6) is -12.6. The van der Waals surface area contributed by atoms with Crippen molar-refractivity contribution in [2.45, 2.75) is 6.18 Å². The van der Waals surface area contributed by atoms with Crippen molar-refractivity contribution in [1.29, 1.82) is 0 Å². The van der Waals surface area contributed by atoms with Gasteiger partial charge >= 0.3 is 6.18 Å². The van der Waals surface area contributed by atoms with Gasteiger partial charge in [-0.25, -0.2) is 13.2 Å². The van der Waals surface area contributed by atoms with Gasteiger partial charge in [0, 0.05) is 0 Å². The molecule has 1 nitrogen and oxygen atoms in total. The van der Waals surface area contributed by atoms with Gasteiger partial charge in [0.2, 0.25) is 11.6 Å². The molecule has 0 saturated heterocycles. The number of phenols is 1. The molecule has 0 fully saturated rings. The minimum absolute atomic E-state index is 2.31. The van der Waals surface area contributed by atoms with Gasteiger partial charge in [0.05, 0.1) is 0 Å². The molecule has 0 aliphatic carbocycles. The zero-order valence-electron chi connectivity index (χ0n) is 6.59. The highest BCUT2D eigenvalue weighted by Crippen LogP contribution is 2.40. The fourth-order valence-corrected chi connectivity index (χ4v) is 0.879. The minimum Gasteiger partial charge on any atom is -0.504 e. The highest BCUT2D eigenvalue weighted by Gasteiger charge is 2.42. The molecule has 1 aromatic rings. The normalized spacial score (nSPS) is 11.9. The number of hydrogen-bond donors (Lipinski definition) is 1. The minimum atomic E-state index is -5.52. The van der Waals surface area contributed by atoms with Gasteiger partial charge in [0.25, 0.3) is 0 Å². The second kappa shape index (κ2) is 3.28. The molecule has 0 spiro atoms. The summed E-state index contributed by atoms with van der Waals surface area (Å²) in [5, 5.41) is 8.48. The maximum Gasteiger partial charge on any atom is 0.423 e. The summed E-state index contributed by atoms with van der Waals surface area (Å²) in [6, 6.07) is 0. The Bertz CT molecular complexity index is 380. The van der Waals surface area contributed by atoms with Gasteiger partial charge in [-0.3, -0.25) is 0 Å². The lowest BCUT2D eigenvalue weighted by Crippen LogP contribution is -2.13. The Labute approximate surface area is 77.7 Å². The van der Waals surface area contributed by atoms with Crippen LogP contribution in [0.3, 0.4) is 0 Å². The molecule has 0 saturated carbocycles. The van der Waals surface area contributed by atoms with Crippen LogP contribution < -0.4 is 0 Å². The number of alkyl halides is 3. The quantitative estimate of drug-likeness (QED) is 0.415. The second-order valence-electron chi connectivity index (χ2n) is 2.48. The van der Waals surface area contributed by atoms with E-state index in [1.165, 1.54) is 0 Å². The van der Waals surface area contributed by atoms with Crippen molar-refractivity contribution < 1.29 is 35.8 Å². The number of benzene rings is 1. The summed E-state index contributed by atoms with van der Waals surface area (Å²) >= 11 is 0. The number of rotatable bonds is 0. The summed E-state index contributed by atoms with van der Waals surface area (Å²) in [5.41, 5.74) is -2.57. The lowest BCUT2D eigenvalue weighted by molar-refractivity contribution is -0.141. The molecule has 0 radical (unpaired) electrons. The molecule has 1 aromatic carbocycles. The fourth-order valence-electron chi connectivity index (χ4n) is 0.879. The molecule has 84 valence electrons. The SMILES string of the molecule is Oc1c(F)c(F)c(F)c(F)c1C(F)(F)F. The first kappa shape index (κ1) is 11.6. The Balaban J connectivity index is 3.68. The summed E-state index contributed by atoms with van der Waals surface area (Å²) < 4.78 is 85.5. The molecule has 0 atom stereocenters. The van der Waals surface area contributed by atoms with Crippen LogP contribution in [0.4, 0.5) is 30.7 Å². The topological polar surface area (TPSA) is 20.2 Å². The fraction of sp³-hybridized carbons (Fsp3) is 0.143. The molecule has 0 amide bonds. The van der Waals surface area contributed by atoms with Crippen molar-refractivity contribution in [3.63, 3.8) is 0 Å². The van der Waals surface area contributed by atoms with Crippen molar-refractivity contribution in [2.75, 3.05) is 0 Å². The predicted molar refractivity (Wildman–Crippen MR) is 32.9 cm³/mol. The number of hydrogen-bond acceptors (Lipinski definition) is 1. The molecule has 1 rings (SSSR count). The van der Waals surface area contributed by atoms with Crippen LogP contribution in [0.25, 0.3) is 0 Å². The molecular weight excluding hydrogens is 233 g/mol. The maximum absolute atomic E-state index is 12.5. The first-order chi connectivity index (χ1) is 6.68. The highest BCUT2D eigenvalue weighted by atomic mass is 19.4. The monoisotopic (exact) mass is 234 g/mol. The lowest BCUT2D eigenvalue weighted by Gasteiger charge is -2.11. The average Bonchev–Trinajstić information content (AvgIpc) is 2.09. The van der Waals surface area contributed by atoms with Gasteiger partial charge in [-0.1, -0.05) is 0 Å². The van der Waals surface area contributed by atoms with E-state index in [1.807, 2.05) is 0 Å². The first-order valence-electron chi connectivity index (χ1n) is 3.30. The van der Waals surface area contributed by atoms with E-state index in [-0.39, 0.29) is 0 Å². The van der Waals surface area contributed by atoms with Gasteiger partial charge in [0.1, 0.15) is 5.56 Å². The summed E-state index contributed by atoms with van der Waals surface area (Å²) in [7, 11) is 0. The third kappa shape index (κ3) is 1.71. The Kier molecular flexibility index (Phi) is 2.54. The van der Waals surface area contributed by atoms with Crippen LogP contribution in [0, 0.1) is 23.3 Å². The molecule has 1 N–H and O–H groups in total. The highest BCUT2D eigenvalue weighted by molar-refractivity contribution is 5.38. The standard InChI is InChI=1S/C7HF7O/c8-2-1(7(12,13)14)6(15)5(11)4(10)3(2)9/h15H. The van der Waals surface area contributed by atoms with Crippen LogP contribution in [0.2, 0.25) is 0 Å². The predicted octanol–water partition coefficient (Wildman–Crippen LogP) is 2.97. The van der Waals surface area contributed by atoms with E-state index in [0.717, 1.165) is 0 Å². The van der Waals surface area contributed by atoms with Crippen molar-refractivity contribution in [1.82, 2.24) is 0 Å². The van der Waals surface area contributed by atoms with Crippen LogP contribution in [0.5, 0.6) is 5.75 Å². The summed E-state index contributed by atoms with van der Waals surface area (Å²) in [4.78, 5) is 0. The zero-order chi connectivity index (χ0) is 12.0. The Morgan fingerprint density at radius 3 is 1.53 bits per heavy atom. The third-order valence-corrected chi connectivity index (χ3v) is 1.53. The Morgan fingerprint density at radius 1 is 0.733 bits per heavy atom. The molecule has 0 aliphatic heterocycles. The van der Waals surface area contributed by atoms with E-state index >= 15 is 0 Å². The number of phenolic OH excluding ortho intramolecular Hbond substituents is 1. The summed E-state index contributed by atoms with van der Waals surface area (Å²) in [6.45, 7) is 0. The maximum atomic E-state index is 12.5.